The number of carbonyl (C=O) groups excluding carboxylic acids is 1. The highest BCUT2D eigenvalue weighted by atomic mass is 16.1. The molecule has 3 aliphatic rings. The molecule has 25 heavy (non-hydrogen) atoms. The van der Waals surface area contributed by atoms with Gasteiger partial charge in [-0.3, -0.25) is 9.69 Å². The molecule has 136 valence electrons. The Morgan fingerprint density at radius 2 is 2.04 bits per heavy atom. The molecule has 0 radical (unpaired) electrons. The first-order valence-corrected chi connectivity index (χ1v) is 9.42. The van der Waals surface area contributed by atoms with Crippen LogP contribution in [0.4, 0.5) is 11.8 Å². The third-order valence-electron chi connectivity index (χ3n) is 6.17. The molecule has 3 heterocycles. The molecular weight excluding hydrogens is 316 g/mol. The van der Waals surface area contributed by atoms with Gasteiger partial charge in [0, 0.05) is 50.7 Å². The van der Waals surface area contributed by atoms with E-state index in [1.54, 1.807) is 0 Å². The molecule has 0 saturated carbocycles. The number of rotatable bonds is 2. The first-order valence-electron chi connectivity index (χ1n) is 9.42. The fraction of sp³-hybridized carbons (Fsp3) is 0.722. The van der Waals surface area contributed by atoms with Crippen LogP contribution in [0, 0.1) is 0 Å². The number of nitrogens with zero attached hydrogens (tertiary/aromatic N) is 4. The Morgan fingerprint density at radius 3 is 2.88 bits per heavy atom. The zero-order valence-electron chi connectivity index (χ0n) is 15.3. The molecule has 1 aromatic rings. The number of aryl methyl sites for hydroxylation is 1. The molecule has 1 atom stereocenters. The van der Waals surface area contributed by atoms with E-state index in [4.69, 9.17) is 9.97 Å². The van der Waals surface area contributed by atoms with Gasteiger partial charge in [0.15, 0.2) is 0 Å². The van der Waals surface area contributed by atoms with Gasteiger partial charge in [-0.1, -0.05) is 0 Å². The number of nitrogens with one attached hydrogen (secondary N) is 2. The van der Waals surface area contributed by atoms with Gasteiger partial charge in [0.05, 0.1) is 5.69 Å². The maximum absolute atomic E-state index is 11.8. The number of aromatic nitrogens is 2. The van der Waals surface area contributed by atoms with E-state index in [2.05, 4.69) is 27.5 Å². The standard InChI is InChI=1S/C18H28N6O/c1-19-16-13-4-3-5-14(13)21-17(22-16)24-11-10-23(2)18(12-24)7-6-15(25)20-9-8-18/h3-12H2,1-2H3,(H,20,25)(H,19,21,22). The topological polar surface area (TPSA) is 73.4 Å². The molecule has 2 aliphatic heterocycles. The summed E-state index contributed by atoms with van der Waals surface area (Å²) in [7, 11) is 4.13. The van der Waals surface area contributed by atoms with Crippen molar-refractivity contribution in [1.29, 1.82) is 0 Å². The summed E-state index contributed by atoms with van der Waals surface area (Å²) in [5, 5.41) is 6.28. The van der Waals surface area contributed by atoms with E-state index in [1.165, 1.54) is 17.7 Å². The Labute approximate surface area is 149 Å². The number of hydrogen-bond acceptors (Lipinski definition) is 6. The maximum atomic E-state index is 11.8. The Hall–Kier alpha value is -1.89. The molecule has 1 aromatic heterocycles. The number of anilines is 2. The molecule has 1 unspecified atom stereocenters. The van der Waals surface area contributed by atoms with Crippen molar-refractivity contribution in [1.82, 2.24) is 20.2 Å². The second kappa shape index (κ2) is 6.44. The highest BCUT2D eigenvalue weighted by Crippen LogP contribution is 2.33. The van der Waals surface area contributed by atoms with Gasteiger partial charge in [-0.15, -0.1) is 0 Å². The van der Waals surface area contributed by atoms with Crippen LogP contribution in [0.15, 0.2) is 0 Å². The lowest BCUT2D eigenvalue weighted by Gasteiger charge is -2.49. The minimum absolute atomic E-state index is 0.0274. The van der Waals surface area contributed by atoms with Gasteiger partial charge >= 0.3 is 0 Å². The average molecular weight is 344 g/mol. The lowest BCUT2D eigenvalue weighted by molar-refractivity contribution is -0.120. The molecule has 1 aliphatic carbocycles. The highest BCUT2D eigenvalue weighted by molar-refractivity contribution is 5.76. The van der Waals surface area contributed by atoms with Crippen LogP contribution in [0.2, 0.25) is 0 Å². The quantitative estimate of drug-likeness (QED) is 0.827. The second-order valence-corrected chi connectivity index (χ2v) is 7.57. The Morgan fingerprint density at radius 1 is 1.16 bits per heavy atom. The minimum Gasteiger partial charge on any atom is -0.373 e. The van der Waals surface area contributed by atoms with Crippen molar-refractivity contribution < 1.29 is 4.79 Å². The maximum Gasteiger partial charge on any atom is 0.227 e. The molecule has 1 amide bonds. The fourth-order valence-corrected chi connectivity index (χ4v) is 4.54. The predicted octanol–water partition coefficient (Wildman–Crippen LogP) is 0.798. The molecule has 1 spiro atoms. The number of likely N-dealkylation sites (N-methyl/N-ethyl adjacent to an activating group) is 1. The van der Waals surface area contributed by atoms with Crippen molar-refractivity contribution in [3.8, 4) is 0 Å². The number of piperazine rings is 1. The summed E-state index contributed by atoms with van der Waals surface area (Å²) in [5.74, 6) is 2.01. The van der Waals surface area contributed by atoms with E-state index in [9.17, 15) is 4.79 Å². The summed E-state index contributed by atoms with van der Waals surface area (Å²) in [6.07, 6.45) is 5.78. The zero-order valence-corrected chi connectivity index (χ0v) is 15.3. The predicted molar refractivity (Wildman–Crippen MR) is 98.0 cm³/mol. The van der Waals surface area contributed by atoms with Crippen molar-refractivity contribution in [3.63, 3.8) is 0 Å². The molecule has 2 N–H and O–H groups in total. The van der Waals surface area contributed by atoms with Gasteiger partial charge in [-0.05, 0) is 39.2 Å². The molecule has 7 nitrogen and oxygen atoms in total. The summed E-state index contributed by atoms with van der Waals surface area (Å²) >= 11 is 0. The SMILES string of the molecule is CNc1nc(N2CCN(C)C3(CCNC(=O)CC3)C2)nc2c1CCC2. The zero-order chi connectivity index (χ0) is 17.4. The number of carbonyl (C=O) groups is 1. The minimum atomic E-state index is 0.0274. The van der Waals surface area contributed by atoms with E-state index in [0.717, 1.165) is 63.6 Å². The van der Waals surface area contributed by atoms with E-state index >= 15 is 0 Å². The molecule has 0 bridgehead atoms. The monoisotopic (exact) mass is 344 g/mol. The van der Waals surface area contributed by atoms with Gasteiger partial charge in [0.25, 0.3) is 0 Å². The van der Waals surface area contributed by atoms with Gasteiger partial charge in [-0.2, -0.15) is 4.98 Å². The van der Waals surface area contributed by atoms with Crippen molar-refractivity contribution in [3.05, 3.63) is 11.3 Å². The normalized spacial score (nSPS) is 27.1. The summed E-state index contributed by atoms with van der Waals surface area (Å²) in [4.78, 5) is 26.3. The molecule has 7 heteroatoms. The fourth-order valence-electron chi connectivity index (χ4n) is 4.54. The van der Waals surface area contributed by atoms with Crippen LogP contribution in [-0.2, 0) is 17.6 Å². The average Bonchev–Trinajstić information content (AvgIpc) is 3.02. The van der Waals surface area contributed by atoms with Crippen LogP contribution in [0.1, 0.15) is 36.9 Å². The van der Waals surface area contributed by atoms with Crippen LogP contribution in [0.5, 0.6) is 0 Å². The van der Waals surface area contributed by atoms with Crippen LogP contribution < -0.4 is 15.5 Å². The smallest absolute Gasteiger partial charge is 0.227 e. The number of hydrogen-bond donors (Lipinski definition) is 2. The summed E-state index contributed by atoms with van der Waals surface area (Å²) in [5.41, 5.74) is 2.53. The Bertz CT molecular complexity index is 678. The third-order valence-corrected chi connectivity index (χ3v) is 6.17. The van der Waals surface area contributed by atoms with Crippen LogP contribution >= 0.6 is 0 Å². The van der Waals surface area contributed by atoms with Gasteiger partial charge in [-0.25, -0.2) is 4.98 Å². The van der Waals surface area contributed by atoms with Crippen LogP contribution in [0.3, 0.4) is 0 Å². The van der Waals surface area contributed by atoms with E-state index in [-0.39, 0.29) is 11.4 Å². The second-order valence-electron chi connectivity index (χ2n) is 7.57. The number of fused-ring (bicyclic) bond motifs is 1. The van der Waals surface area contributed by atoms with Crippen molar-refractivity contribution >= 4 is 17.7 Å². The van der Waals surface area contributed by atoms with Gasteiger partial charge in [0.2, 0.25) is 11.9 Å². The molecule has 2 saturated heterocycles. The van der Waals surface area contributed by atoms with Crippen LogP contribution in [0.25, 0.3) is 0 Å². The summed E-state index contributed by atoms with van der Waals surface area (Å²) in [6, 6.07) is 0. The van der Waals surface area contributed by atoms with Crippen molar-refractivity contribution in [2.75, 3.05) is 50.5 Å². The number of amides is 1. The lowest BCUT2D eigenvalue weighted by Crippen LogP contribution is -2.61. The van der Waals surface area contributed by atoms with Gasteiger partial charge in [0.1, 0.15) is 5.82 Å². The van der Waals surface area contributed by atoms with Gasteiger partial charge < -0.3 is 15.5 Å². The summed E-state index contributed by atoms with van der Waals surface area (Å²) in [6.45, 7) is 3.55. The van der Waals surface area contributed by atoms with E-state index < -0.39 is 0 Å². The summed E-state index contributed by atoms with van der Waals surface area (Å²) < 4.78 is 0. The lowest BCUT2D eigenvalue weighted by atomic mass is 9.86. The first kappa shape index (κ1) is 16.6. The van der Waals surface area contributed by atoms with Crippen molar-refractivity contribution in [2.24, 2.45) is 0 Å². The molecule has 2 fully saturated rings. The molecule has 4 rings (SSSR count). The largest absolute Gasteiger partial charge is 0.373 e. The van der Waals surface area contributed by atoms with E-state index in [1.807, 2.05) is 7.05 Å². The Kier molecular flexibility index (Phi) is 4.27. The first-order chi connectivity index (χ1) is 12.1. The Balaban J connectivity index is 1.62. The third kappa shape index (κ3) is 2.94. The molecule has 0 aromatic carbocycles. The van der Waals surface area contributed by atoms with Crippen molar-refractivity contribution in [2.45, 2.75) is 44.1 Å². The molecular formula is C18H28N6O. The van der Waals surface area contributed by atoms with Crippen LogP contribution in [-0.4, -0.2) is 66.6 Å². The highest BCUT2D eigenvalue weighted by Gasteiger charge is 2.41. The van der Waals surface area contributed by atoms with E-state index in [0.29, 0.717) is 6.42 Å².